The van der Waals surface area contributed by atoms with Gasteiger partial charge in [0.15, 0.2) is 0 Å². The van der Waals surface area contributed by atoms with Crippen molar-refractivity contribution in [2.24, 2.45) is 0 Å². The fourth-order valence-electron chi connectivity index (χ4n) is 2.24. The zero-order chi connectivity index (χ0) is 16.3. The number of carbonyl (C=O) groups excluding carboxylic acids is 1. The van der Waals surface area contributed by atoms with Crippen LogP contribution < -0.4 is 0 Å². The third-order valence-electron chi connectivity index (χ3n) is 3.31. The number of thiophene rings is 1. The maximum atomic E-state index is 11.8. The molecule has 22 heavy (non-hydrogen) atoms. The van der Waals surface area contributed by atoms with E-state index in [0.717, 1.165) is 16.9 Å². The maximum absolute atomic E-state index is 11.8. The Morgan fingerprint density at radius 1 is 1.45 bits per heavy atom. The molecule has 0 aliphatic carbocycles. The summed E-state index contributed by atoms with van der Waals surface area (Å²) in [4.78, 5) is 22.5. The van der Waals surface area contributed by atoms with Crippen LogP contribution in [0.25, 0.3) is 0 Å². The minimum atomic E-state index is -0.556. The predicted octanol–water partition coefficient (Wildman–Crippen LogP) is 4.44. The lowest BCUT2D eigenvalue weighted by Gasteiger charge is -2.13. The molecule has 1 atom stereocenters. The number of hydrogen-bond donors (Lipinski definition) is 0. The van der Waals surface area contributed by atoms with Crippen molar-refractivity contribution < 1.29 is 14.5 Å². The Hall–Kier alpha value is -1.92. The number of methoxy groups -OCH3 is 1. The summed E-state index contributed by atoms with van der Waals surface area (Å²) in [6.45, 7) is 1.96. The van der Waals surface area contributed by atoms with Crippen LogP contribution in [0, 0.1) is 10.1 Å². The second-order valence-corrected chi connectivity index (χ2v) is 6.25. The van der Waals surface area contributed by atoms with E-state index < -0.39 is 10.9 Å². The molecular weight excluding hydrogens is 326 g/mol. The third kappa shape index (κ3) is 3.45. The zero-order valence-corrected chi connectivity index (χ0v) is 13.6. The standard InChI is InChI=1S/C15H14ClNO4S/c1-9(11-5-3-4-6-12(11)16)7-10-8-13(17(19)20)22-14(10)15(18)21-2/h3-6,8-9H,7H2,1-2H3. The Kier molecular flexibility index (Phi) is 5.15. The average Bonchev–Trinajstić information content (AvgIpc) is 2.91. The van der Waals surface area contributed by atoms with Crippen molar-refractivity contribution in [3.05, 3.63) is 61.5 Å². The monoisotopic (exact) mass is 339 g/mol. The molecule has 1 aromatic heterocycles. The average molecular weight is 340 g/mol. The SMILES string of the molecule is COC(=O)c1sc([N+](=O)[O-])cc1CC(C)c1ccccc1Cl. The Balaban J connectivity index is 2.34. The van der Waals surface area contributed by atoms with E-state index >= 15 is 0 Å². The largest absolute Gasteiger partial charge is 0.465 e. The Bertz CT molecular complexity index is 713. The molecule has 7 heteroatoms. The van der Waals surface area contributed by atoms with Crippen LogP contribution in [-0.2, 0) is 11.2 Å². The van der Waals surface area contributed by atoms with Crippen LogP contribution in [0.3, 0.4) is 0 Å². The van der Waals surface area contributed by atoms with Crippen LogP contribution in [0.2, 0.25) is 5.02 Å². The smallest absolute Gasteiger partial charge is 0.348 e. The van der Waals surface area contributed by atoms with Crippen LogP contribution in [0.4, 0.5) is 5.00 Å². The van der Waals surface area contributed by atoms with Gasteiger partial charge in [0.1, 0.15) is 4.88 Å². The van der Waals surface area contributed by atoms with E-state index in [4.69, 9.17) is 16.3 Å². The van der Waals surface area contributed by atoms with Crippen molar-refractivity contribution in [3.63, 3.8) is 0 Å². The van der Waals surface area contributed by atoms with Gasteiger partial charge >= 0.3 is 11.0 Å². The highest BCUT2D eigenvalue weighted by molar-refractivity contribution is 7.17. The molecule has 0 saturated heterocycles. The van der Waals surface area contributed by atoms with E-state index in [1.807, 2.05) is 25.1 Å². The van der Waals surface area contributed by atoms with Crippen LogP contribution in [-0.4, -0.2) is 18.0 Å². The van der Waals surface area contributed by atoms with Gasteiger partial charge in [-0.15, -0.1) is 0 Å². The number of nitro groups is 1. The molecule has 0 saturated carbocycles. The number of carbonyl (C=O) groups is 1. The summed E-state index contributed by atoms with van der Waals surface area (Å²) in [7, 11) is 1.26. The molecule has 5 nitrogen and oxygen atoms in total. The number of nitrogens with zero attached hydrogens (tertiary/aromatic N) is 1. The molecule has 2 rings (SSSR count). The molecule has 116 valence electrons. The number of rotatable bonds is 5. The van der Waals surface area contributed by atoms with E-state index in [1.165, 1.54) is 13.2 Å². The second-order valence-electron chi connectivity index (χ2n) is 4.81. The van der Waals surface area contributed by atoms with E-state index in [9.17, 15) is 14.9 Å². The summed E-state index contributed by atoms with van der Waals surface area (Å²) in [5.41, 5.74) is 1.55. The van der Waals surface area contributed by atoms with Crippen molar-refractivity contribution in [2.45, 2.75) is 19.3 Å². The van der Waals surface area contributed by atoms with Crippen molar-refractivity contribution in [1.29, 1.82) is 0 Å². The van der Waals surface area contributed by atoms with Crippen LogP contribution >= 0.6 is 22.9 Å². The lowest BCUT2D eigenvalue weighted by Crippen LogP contribution is -2.05. The fourth-order valence-corrected chi connectivity index (χ4v) is 3.48. The summed E-state index contributed by atoms with van der Waals surface area (Å²) in [5.74, 6) is -0.536. The third-order valence-corrected chi connectivity index (χ3v) is 4.76. The van der Waals surface area contributed by atoms with Crippen molar-refractivity contribution in [2.75, 3.05) is 7.11 Å². The van der Waals surface area contributed by atoms with Gasteiger partial charge in [-0.25, -0.2) is 4.79 Å². The first-order valence-electron chi connectivity index (χ1n) is 6.54. The molecule has 0 amide bonds. The molecule has 0 aliphatic heterocycles. The Morgan fingerprint density at radius 2 is 2.14 bits per heavy atom. The zero-order valence-electron chi connectivity index (χ0n) is 12.0. The minimum Gasteiger partial charge on any atom is -0.465 e. The molecule has 1 unspecified atom stereocenters. The topological polar surface area (TPSA) is 69.4 Å². The molecule has 0 aliphatic rings. The maximum Gasteiger partial charge on any atom is 0.348 e. The number of hydrogen-bond acceptors (Lipinski definition) is 5. The second kappa shape index (κ2) is 6.89. The van der Waals surface area contributed by atoms with Gasteiger partial charge in [-0.3, -0.25) is 10.1 Å². The van der Waals surface area contributed by atoms with Gasteiger partial charge in [0, 0.05) is 11.1 Å². The van der Waals surface area contributed by atoms with Crippen molar-refractivity contribution >= 4 is 33.9 Å². The fraction of sp³-hybridized carbons (Fsp3) is 0.267. The molecular formula is C15H14ClNO4S. The molecule has 2 aromatic rings. The lowest BCUT2D eigenvalue weighted by atomic mass is 9.94. The van der Waals surface area contributed by atoms with Crippen molar-refractivity contribution in [3.8, 4) is 0 Å². The predicted molar refractivity (Wildman–Crippen MR) is 85.9 cm³/mol. The first-order valence-corrected chi connectivity index (χ1v) is 7.73. The minimum absolute atomic E-state index is 0.0197. The number of ether oxygens (including phenoxy) is 1. The Morgan fingerprint density at radius 3 is 2.73 bits per heavy atom. The molecule has 0 radical (unpaired) electrons. The van der Waals surface area contributed by atoms with Crippen LogP contribution in [0.15, 0.2) is 30.3 Å². The summed E-state index contributed by atoms with van der Waals surface area (Å²) < 4.78 is 4.70. The first kappa shape index (κ1) is 16.5. The van der Waals surface area contributed by atoms with E-state index in [-0.39, 0.29) is 15.8 Å². The normalized spacial score (nSPS) is 12.0. The van der Waals surface area contributed by atoms with Crippen LogP contribution in [0.5, 0.6) is 0 Å². The van der Waals surface area contributed by atoms with Gasteiger partial charge in [0.05, 0.1) is 12.0 Å². The van der Waals surface area contributed by atoms with E-state index in [2.05, 4.69) is 0 Å². The van der Waals surface area contributed by atoms with Gasteiger partial charge in [0.2, 0.25) is 0 Å². The highest BCUT2D eigenvalue weighted by atomic mass is 35.5. The van der Waals surface area contributed by atoms with Gasteiger partial charge < -0.3 is 4.74 Å². The van der Waals surface area contributed by atoms with Crippen molar-refractivity contribution in [1.82, 2.24) is 0 Å². The number of esters is 1. The quantitative estimate of drug-likeness (QED) is 0.458. The van der Waals surface area contributed by atoms with Gasteiger partial charge in [0.25, 0.3) is 0 Å². The van der Waals surface area contributed by atoms with Gasteiger partial charge in [-0.2, -0.15) is 0 Å². The summed E-state index contributed by atoms with van der Waals surface area (Å²) in [6.07, 6.45) is 0.471. The summed E-state index contributed by atoms with van der Waals surface area (Å²) >= 11 is 7.01. The summed E-state index contributed by atoms with van der Waals surface area (Å²) in [5, 5.41) is 11.5. The summed E-state index contributed by atoms with van der Waals surface area (Å²) in [6, 6.07) is 8.86. The number of benzene rings is 1. The number of halogens is 1. The molecule has 1 aromatic carbocycles. The van der Waals surface area contributed by atoms with Crippen LogP contribution in [0.1, 0.15) is 33.6 Å². The Labute approximate surface area is 136 Å². The molecule has 1 heterocycles. The lowest BCUT2D eigenvalue weighted by molar-refractivity contribution is -0.380. The molecule has 0 N–H and O–H groups in total. The van der Waals surface area contributed by atoms with Gasteiger partial charge in [-0.05, 0) is 29.5 Å². The molecule has 0 bridgehead atoms. The van der Waals surface area contributed by atoms with E-state index in [0.29, 0.717) is 17.0 Å². The first-order chi connectivity index (χ1) is 10.4. The van der Waals surface area contributed by atoms with Gasteiger partial charge in [-0.1, -0.05) is 48.1 Å². The highest BCUT2D eigenvalue weighted by Crippen LogP contribution is 2.34. The molecule has 0 spiro atoms. The molecule has 0 fully saturated rings. The van der Waals surface area contributed by atoms with E-state index in [1.54, 1.807) is 6.07 Å². The highest BCUT2D eigenvalue weighted by Gasteiger charge is 2.24.